The number of aliphatic hydroxyl groups excluding tert-OH is 1. The molecule has 2 N–H and O–H groups in total. The fraction of sp³-hybridized carbons (Fsp3) is 0.778. The lowest BCUT2D eigenvalue weighted by Crippen LogP contribution is -2.35. The molecule has 11 heavy (non-hydrogen) atoms. The van der Waals surface area contributed by atoms with Crippen LogP contribution < -0.4 is 0 Å². The van der Waals surface area contributed by atoms with E-state index in [0.717, 1.165) is 12.8 Å². The third-order valence-corrected chi connectivity index (χ3v) is 1.70. The van der Waals surface area contributed by atoms with Crippen molar-refractivity contribution in [3.8, 4) is 0 Å². The van der Waals surface area contributed by atoms with E-state index in [2.05, 4.69) is 6.58 Å². The molecule has 0 radical (unpaired) electrons. The monoisotopic (exact) mass is 158 g/mol. The number of unbranched alkanes of at least 4 members (excludes halogenated alkanes) is 1. The van der Waals surface area contributed by atoms with E-state index < -0.39 is 11.7 Å². The van der Waals surface area contributed by atoms with E-state index in [4.69, 9.17) is 0 Å². The van der Waals surface area contributed by atoms with E-state index in [1.165, 1.54) is 0 Å². The molecule has 0 aliphatic carbocycles. The molecule has 0 fully saturated rings. The van der Waals surface area contributed by atoms with Crippen LogP contribution in [0, 0.1) is 0 Å². The molecule has 0 saturated heterocycles. The summed E-state index contributed by atoms with van der Waals surface area (Å²) in [4.78, 5) is 0. The molecule has 0 rings (SSSR count). The van der Waals surface area contributed by atoms with Crippen LogP contribution in [-0.2, 0) is 0 Å². The number of aliphatic hydroxyl groups is 2. The van der Waals surface area contributed by atoms with Crippen LogP contribution in [0.5, 0.6) is 0 Å². The highest BCUT2D eigenvalue weighted by Gasteiger charge is 2.23. The van der Waals surface area contributed by atoms with Gasteiger partial charge in [-0.25, -0.2) is 0 Å². The van der Waals surface area contributed by atoms with Gasteiger partial charge in [0, 0.05) is 0 Å². The maximum Gasteiger partial charge on any atom is 0.0849 e. The smallest absolute Gasteiger partial charge is 0.0849 e. The Bertz CT molecular complexity index is 113. The molecular weight excluding hydrogens is 140 g/mol. The van der Waals surface area contributed by atoms with Crippen molar-refractivity contribution in [3.05, 3.63) is 12.7 Å². The maximum absolute atomic E-state index is 9.33. The molecule has 0 aromatic heterocycles. The predicted molar refractivity (Wildman–Crippen MR) is 46.4 cm³/mol. The number of rotatable bonds is 5. The summed E-state index contributed by atoms with van der Waals surface area (Å²) in [5.41, 5.74) is -0.971. The zero-order valence-electron chi connectivity index (χ0n) is 7.38. The second-order valence-corrected chi connectivity index (χ2v) is 3.39. The number of hydrogen-bond acceptors (Lipinski definition) is 2. The van der Waals surface area contributed by atoms with Crippen molar-refractivity contribution in [1.29, 1.82) is 0 Å². The fourth-order valence-electron chi connectivity index (χ4n) is 0.809. The van der Waals surface area contributed by atoms with Crippen LogP contribution >= 0.6 is 0 Å². The van der Waals surface area contributed by atoms with E-state index >= 15 is 0 Å². The predicted octanol–water partition coefficient (Wildman–Crippen LogP) is 1.47. The first-order chi connectivity index (χ1) is 4.98. The SMILES string of the molecule is C=CCCC[C@H](O)C(C)(C)O. The van der Waals surface area contributed by atoms with Gasteiger partial charge < -0.3 is 10.2 Å². The molecule has 0 aliphatic heterocycles. The van der Waals surface area contributed by atoms with Crippen LogP contribution in [0.2, 0.25) is 0 Å². The van der Waals surface area contributed by atoms with Gasteiger partial charge in [0.2, 0.25) is 0 Å². The van der Waals surface area contributed by atoms with Gasteiger partial charge >= 0.3 is 0 Å². The minimum atomic E-state index is -0.971. The van der Waals surface area contributed by atoms with Crippen LogP contribution in [0.25, 0.3) is 0 Å². The van der Waals surface area contributed by atoms with Gasteiger partial charge in [-0.2, -0.15) is 0 Å². The van der Waals surface area contributed by atoms with Gasteiger partial charge in [0.1, 0.15) is 0 Å². The average molecular weight is 158 g/mol. The first-order valence-corrected chi connectivity index (χ1v) is 4.00. The summed E-state index contributed by atoms with van der Waals surface area (Å²) in [7, 11) is 0. The highest BCUT2D eigenvalue weighted by atomic mass is 16.3. The second-order valence-electron chi connectivity index (χ2n) is 3.39. The number of hydrogen-bond donors (Lipinski definition) is 2. The van der Waals surface area contributed by atoms with Gasteiger partial charge in [-0.15, -0.1) is 6.58 Å². The van der Waals surface area contributed by atoms with Crippen molar-refractivity contribution >= 4 is 0 Å². The van der Waals surface area contributed by atoms with Crippen LogP contribution in [0.15, 0.2) is 12.7 Å². The molecule has 0 unspecified atom stereocenters. The summed E-state index contributed by atoms with van der Waals surface area (Å²) in [6, 6.07) is 0. The fourth-order valence-corrected chi connectivity index (χ4v) is 0.809. The van der Waals surface area contributed by atoms with Crippen molar-refractivity contribution in [3.63, 3.8) is 0 Å². The molecule has 2 heteroatoms. The molecule has 0 saturated carbocycles. The Morgan fingerprint density at radius 1 is 1.55 bits per heavy atom. The molecule has 0 aliphatic rings. The van der Waals surface area contributed by atoms with E-state index in [1.54, 1.807) is 13.8 Å². The van der Waals surface area contributed by atoms with E-state index in [1.807, 2.05) is 6.08 Å². The summed E-state index contributed by atoms with van der Waals surface area (Å²) >= 11 is 0. The standard InChI is InChI=1S/C9H18O2/c1-4-5-6-7-8(10)9(2,3)11/h4,8,10-11H,1,5-7H2,2-3H3/t8-/m0/s1. The summed E-state index contributed by atoms with van der Waals surface area (Å²) in [6.07, 6.45) is 3.61. The highest BCUT2D eigenvalue weighted by Crippen LogP contribution is 2.14. The Kier molecular flexibility index (Phi) is 4.38. The van der Waals surface area contributed by atoms with Gasteiger partial charge in [0.15, 0.2) is 0 Å². The van der Waals surface area contributed by atoms with Crippen LogP contribution in [0.4, 0.5) is 0 Å². The van der Waals surface area contributed by atoms with Crippen molar-refractivity contribution in [2.75, 3.05) is 0 Å². The Morgan fingerprint density at radius 3 is 2.45 bits per heavy atom. The summed E-state index contributed by atoms with van der Waals surface area (Å²) < 4.78 is 0. The Morgan fingerprint density at radius 2 is 2.09 bits per heavy atom. The quantitative estimate of drug-likeness (QED) is 0.470. The van der Waals surface area contributed by atoms with E-state index in [0.29, 0.717) is 6.42 Å². The summed E-state index contributed by atoms with van der Waals surface area (Å²) in [6.45, 7) is 6.81. The van der Waals surface area contributed by atoms with Crippen molar-refractivity contribution in [1.82, 2.24) is 0 Å². The molecule has 0 bridgehead atoms. The van der Waals surface area contributed by atoms with E-state index in [9.17, 15) is 10.2 Å². The molecule has 0 amide bonds. The lowest BCUT2D eigenvalue weighted by molar-refractivity contribution is -0.0518. The summed E-state index contributed by atoms with van der Waals surface area (Å²) in [5, 5.41) is 18.6. The van der Waals surface area contributed by atoms with E-state index in [-0.39, 0.29) is 0 Å². The third-order valence-electron chi connectivity index (χ3n) is 1.70. The molecule has 0 spiro atoms. The van der Waals surface area contributed by atoms with Gasteiger partial charge in [0.05, 0.1) is 11.7 Å². The van der Waals surface area contributed by atoms with Crippen LogP contribution in [-0.4, -0.2) is 21.9 Å². The molecule has 2 nitrogen and oxygen atoms in total. The Hall–Kier alpha value is -0.340. The highest BCUT2D eigenvalue weighted by molar-refractivity contribution is 4.77. The lowest BCUT2D eigenvalue weighted by Gasteiger charge is -2.24. The molecule has 0 heterocycles. The van der Waals surface area contributed by atoms with Crippen molar-refractivity contribution in [2.24, 2.45) is 0 Å². The third kappa shape index (κ3) is 4.99. The van der Waals surface area contributed by atoms with Crippen molar-refractivity contribution in [2.45, 2.75) is 44.8 Å². The second kappa shape index (κ2) is 4.52. The summed E-state index contributed by atoms with van der Waals surface area (Å²) in [5.74, 6) is 0. The van der Waals surface area contributed by atoms with Crippen LogP contribution in [0.3, 0.4) is 0 Å². The van der Waals surface area contributed by atoms with Gasteiger partial charge in [-0.3, -0.25) is 0 Å². The minimum absolute atomic E-state index is 0.623. The topological polar surface area (TPSA) is 40.5 Å². The van der Waals surface area contributed by atoms with Crippen LogP contribution in [0.1, 0.15) is 33.1 Å². The molecule has 66 valence electrons. The van der Waals surface area contributed by atoms with Gasteiger partial charge in [-0.05, 0) is 33.1 Å². The Labute approximate surface area is 68.6 Å². The van der Waals surface area contributed by atoms with Gasteiger partial charge in [0.25, 0.3) is 0 Å². The molecule has 0 aromatic carbocycles. The molecule has 1 atom stereocenters. The molecular formula is C9H18O2. The Balaban J connectivity index is 3.52. The zero-order valence-corrected chi connectivity index (χ0v) is 7.38. The van der Waals surface area contributed by atoms with Crippen molar-refractivity contribution < 1.29 is 10.2 Å². The zero-order chi connectivity index (χ0) is 8.91. The molecule has 0 aromatic rings. The number of allylic oxidation sites excluding steroid dienone is 1. The lowest BCUT2D eigenvalue weighted by atomic mass is 9.97. The largest absolute Gasteiger partial charge is 0.390 e. The first-order valence-electron chi connectivity index (χ1n) is 4.00. The van der Waals surface area contributed by atoms with Gasteiger partial charge in [-0.1, -0.05) is 6.08 Å². The average Bonchev–Trinajstić information content (AvgIpc) is 1.86. The maximum atomic E-state index is 9.33. The normalized spacial score (nSPS) is 14.5. The first kappa shape index (κ1) is 10.7. The minimum Gasteiger partial charge on any atom is -0.390 e.